The van der Waals surface area contributed by atoms with Gasteiger partial charge in [0.15, 0.2) is 0 Å². The topological polar surface area (TPSA) is 52.6 Å². The first-order valence-electron chi connectivity index (χ1n) is 5.44. The van der Waals surface area contributed by atoms with Crippen LogP contribution in [-0.4, -0.2) is 30.0 Å². The van der Waals surface area contributed by atoms with Gasteiger partial charge in [-0.15, -0.1) is 11.6 Å². The number of esters is 2. The number of ether oxygens (including phenoxy) is 2. The highest BCUT2D eigenvalue weighted by Gasteiger charge is 2.59. The Morgan fingerprint density at radius 2 is 2.25 bits per heavy atom. The average Bonchev–Trinajstić information content (AvgIpc) is 2.50. The summed E-state index contributed by atoms with van der Waals surface area (Å²) < 4.78 is 10.3. The van der Waals surface area contributed by atoms with Crippen LogP contribution in [0.3, 0.4) is 0 Å². The van der Waals surface area contributed by atoms with E-state index in [1.54, 1.807) is 6.92 Å². The molecule has 2 rings (SSSR count). The summed E-state index contributed by atoms with van der Waals surface area (Å²) in [6.07, 6.45) is 0.965. The van der Waals surface area contributed by atoms with E-state index in [1.165, 1.54) is 6.92 Å². The molecule has 0 aromatic carbocycles. The molecule has 90 valence electrons. The lowest BCUT2D eigenvalue weighted by Gasteiger charge is -2.40. The van der Waals surface area contributed by atoms with Gasteiger partial charge in [0.05, 0.1) is 6.61 Å². The van der Waals surface area contributed by atoms with Crippen molar-refractivity contribution in [3.63, 3.8) is 0 Å². The molecule has 4 nitrogen and oxygen atoms in total. The first-order valence-corrected chi connectivity index (χ1v) is 5.88. The highest BCUT2D eigenvalue weighted by molar-refractivity contribution is 6.21. The molecule has 0 bridgehead atoms. The van der Waals surface area contributed by atoms with Gasteiger partial charge in [-0.05, 0) is 19.8 Å². The number of hydrogen-bond acceptors (Lipinski definition) is 4. The normalized spacial score (nSPS) is 42.4. The molecule has 0 aromatic rings. The summed E-state index contributed by atoms with van der Waals surface area (Å²) in [7, 11) is 0. The Hall–Kier alpha value is -0.770. The third-order valence-corrected chi connectivity index (χ3v) is 4.24. The molecule has 0 spiro atoms. The lowest BCUT2D eigenvalue weighted by atomic mass is 9.67. The van der Waals surface area contributed by atoms with Crippen LogP contribution >= 0.6 is 11.6 Å². The Kier molecular flexibility index (Phi) is 2.86. The predicted molar refractivity (Wildman–Crippen MR) is 57.0 cm³/mol. The minimum absolute atomic E-state index is 0.0558. The van der Waals surface area contributed by atoms with Gasteiger partial charge in [-0.3, -0.25) is 9.59 Å². The number of rotatable bonds is 1. The molecular weight excluding hydrogens is 232 g/mol. The number of halogens is 1. The van der Waals surface area contributed by atoms with Gasteiger partial charge in [0.1, 0.15) is 11.5 Å². The Labute approximate surface area is 99.2 Å². The van der Waals surface area contributed by atoms with Gasteiger partial charge in [-0.2, -0.15) is 0 Å². The number of cyclic esters (lactones) is 1. The third-order valence-electron chi connectivity index (χ3n) is 3.72. The van der Waals surface area contributed by atoms with Gasteiger partial charge >= 0.3 is 11.9 Å². The predicted octanol–water partition coefficient (Wildman–Crippen LogP) is 1.50. The monoisotopic (exact) mass is 246 g/mol. The van der Waals surface area contributed by atoms with Gasteiger partial charge in [0.2, 0.25) is 0 Å². The third kappa shape index (κ3) is 1.59. The molecule has 4 unspecified atom stereocenters. The van der Waals surface area contributed by atoms with Gasteiger partial charge in [0, 0.05) is 18.2 Å². The van der Waals surface area contributed by atoms with Crippen LogP contribution in [0.25, 0.3) is 0 Å². The van der Waals surface area contributed by atoms with Crippen LogP contribution in [0, 0.1) is 11.3 Å². The molecule has 1 aliphatic heterocycles. The second-order valence-corrected chi connectivity index (χ2v) is 5.24. The maximum atomic E-state index is 11.8. The fourth-order valence-electron chi connectivity index (χ4n) is 2.69. The molecule has 1 heterocycles. The van der Waals surface area contributed by atoms with E-state index in [0.717, 1.165) is 6.42 Å². The minimum atomic E-state index is -0.768. The van der Waals surface area contributed by atoms with Crippen molar-refractivity contribution in [2.75, 3.05) is 6.61 Å². The Bertz CT molecular complexity index is 330. The summed E-state index contributed by atoms with van der Waals surface area (Å²) in [6.45, 7) is 3.47. The largest absolute Gasteiger partial charge is 0.465 e. The Balaban J connectivity index is 2.27. The number of carbonyl (C=O) groups excluding carboxylic acids is 2. The summed E-state index contributed by atoms with van der Waals surface area (Å²) in [6, 6.07) is 0. The van der Waals surface area contributed by atoms with Gasteiger partial charge in [0.25, 0.3) is 0 Å². The molecule has 1 saturated carbocycles. The van der Waals surface area contributed by atoms with Crippen LogP contribution in [-0.2, 0) is 19.1 Å². The smallest absolute Gasteiger partial charge is 0.316 e. The summed E-state index contributed by atoms with van der Waals surface area (Å²) >= 11 is 6.20. The molecule has 16 heavy (non-hydrogen) atoms. The molecule has 0 amide bonds. The molecule has 1 aliphatic carbocycles. The highest BCUT2D eigenvalue weighted by Crippen LogP contribution is 2.49. The average molecular weight is 247 g/mol. The van der Waals surface area contributed by atoms with Crippen molar-refractivity contribution in [1.29, 1.82) is 0 Å². The Morgan fingerprint density at radius 3 is 2.88 bits per heavy atom. The summed E-state index contributed by atoms with van der Waals surface area (Å²) in [4.78, 5) is 22.8. The van der Waals surface area contributed by atoms with E-state index < -0.39 is 11.5 Å². The van der Waals surface area contributed by atoms with Crippen LogP contribution in [0.15, 0.2) is 0 Å². The standard InChI is InChI=1S/C11H15ClO4/c1-6(13)16-9-4-3-8(12)7-5-15-10(14)11(7,9)2/h7-9H,3-5H2,1-2H3. The molecule has 1 saturated heterocycles. The summed E-state index contributed by atoms with van der Waals surface area (Å²) in [5.41, 5.74) is -0.768. The van der Waals surface area contributed by atoms with Crippen molar-refractivity contribution in [2.45, 2.75) is 38.2 Å². The SMILES string of the molecule is CC(=O)OC1CCC(Cl)C2COC(=O)C12C. The minimum Gasteiger partial charge on any atom is -0.465 e. The molecule has 0 aromatic heterocycles. The first-order chi connectivity index (χ1) is 7.46. The van der Waals surface area contributed by atoms with Crippen molar-refractivity contribution in [3.05, 3.63) is 0 Å². The molecular formula is C11H15ClO4. The lowest BCUT2D eigenvalue weighted by molar-refractivity contribution is -0.166. The quantitative estimate of drug-likeness (QED) is 0.520. The maximum absolute atomic E-state index is 11.8. The van der Waals surface area contributed by atoms with Crippen molar-refractivity contribution in [3.8, 4) is 0 Å². The van der Waals surface area contributed by atoms with E-state index in [2.05, 4.69) is 0 Å². The van der Waals surface area contributed by atoms with Crippen molar-refractivity contribution in [1.82, 2.24) is 0 Å². The van der Waals surface area contributed by atoms with Crippen LogP contribution in [0.5, 0.6) is 0 Å². The number of alkyl halides is 1. The number of fused-ring (bicyclic) bond motifs is 1. The first kappa shape index (κ1) is 11.7. The number of carbonyl (C=O) groups is 2. The summed E-state index contributed by atoms with van der Waals surface area (Å²) in [5, 5.41) is -0.0803. The maximum Gasteiger partial charge on any atom is 0.316 e. The van der Waals surface area contributed by atoms with E-state index in [9.17, 15) is 9.59 Å². The Morgan fingerprint density at radius 1 is 1.56 bits per heavy atom. The van der Waals surface area contributed by atoms with E-state index in [1.807, 2.05) is 0 Å². The fraction of sp³-hybridized carbons (Fsp3) is 0.818. The summed E-state index contributed by atoms with van der Waals surface area (Å²) in [5.74, 6) is -0.716. The molecule has 5 heteroatoms. The van der Waals surface area contributed by atoms with Crippen LogP contribution < -0.4 is 0 Å². The number of hydrogen-bond donors (Lipinski definition) is 0. The zero-order chi connectivity index (χ0) is 11.9. The van der Waals surface area contributed by atoms with Gasteiger partial charge in [-0.25, -0.2) is 0 Å². The molecule has 0 N–H and O–H groups in total. The highest BCUT2D eigenvalue weighted by atomic mass is 35.5. The molecule has 2 aliphatic rings. The zero-order valence-corrected chi connectivity index (χ0v) is 10.1. The zero-order valence-electron chi connectivity index (χ0n) is 9.36. The van der Waals surface area contributed by atoms with Crippen LogP contribution in [0.4, 0.5) is 0 Å². The molecule has 2 fully saturated rings. The van der Waals surface area contributed by atoms with E-state index in [0.29, 0.717) is 13.0 Å². The second-order valence-electron chi connectivity index (χ2n) is 4.68. The van der Waals surface area contributed by atoms with Gasteiger partial charge in [-0.1, -0.05) is 0 Å². The lowest BCUT2D eigenvalue weighted by Crippen LogP contribution is -2.50. The van der Waals surface area contributed by atoms with Crippen molar-refractivity contribution in [2.24, 2.45) is 11.3 Å². The molecule has 4 atom stereocenters. The van der Waals surface area contributed by atoms with Crippen LogP contribution in [0.2, 0.25) is 0 Å². The van der Waals surface area contributed by atoms with Crippen molar-refractivity contribution >= 4 is 23.5 Å². The van der Waals surface area contributed by atoms with Crippen LogP contribution in [0.1, 0.15) is 26.7 Å². The van der Waals surface area contributed by atoms with E-state index in [4.69, 9.17) is 21.1 Å². The fourth-order valence-corrected chi connectivity index (χ4v) is 3.15. The van der Waals surface area contributed by atoms with Gasteiger partial charge < -0.3 is 9.47 Å². The van der Waals surface area contributed by atoms with Crippen molar-refractivity contribution < 1.29 is 19.1 Å². The van der Waals surface area contributed by atoms with E-state index in [-0.39, 0.29) is 23.2 Å². The molecule has 0 radical (unpaired) electrons. The van der Waals surface area contributed by atoms with E-state index >= 15 is 0 Å². The second kappa shape index (κ2) is 3.91.